The number of benzene rings is 3. The van der Waals surface area contributed by atoms with Gasteiger partial charge >= 0.3 is 4.87 Å². The number of carbonyl (C=O) groups is 3. The zero-order valence-electron chi connectivity index (χ0n) is 21.0. The predicted octanol–water partition coefficient (Wildman–Crippen LogP) is 5.96. The van der Waals surface area contributed by atoms with Crippen LogP contribution in [0.1, 0.15) is 21.9 Å². The number of imide groups is 1. The van der Waals surface area contributed by atoms with Gasteiger partial charge in [-0.1, -0.05) is 94.3 Å². The number of para-hydroxylation sites is 1. The first kappa shape index (κ1) is 26.8. The minimum Gasteiger partial charge on any atom is -0.325 e. The Hall–Kier alpha value is -3.37. The average Bonchev–Trinajstić information content (AvgIpc) is 3.38. The lowest BCUT2D eigenvalue weighted by molar-refractivity contribution is -0.122. The molecule has 0 spiro atoms. The van der Waals surface area contributed by atoms with Crippen molar-refractivity contribution in [2.24, 2.45) is 5.92 Å². The molecule has 3 heterocycles. The molecule has 40 heavy (non-hydrogen) atoms. The first-order chi connectivity index (χ1) is 19.2. The number of anilines is 2. The molecule has 0 radical (unpaired) electrons. The third-order valence-electron chi connectivity index (χ3n) is 7.02. The lowest BCUT2D eigenvalue weighted by Crippen LogP contribution is -2.33. The van der Waals surface area contributed by atoms with E-state index in [-0.39, 0.29) is 34.2 Å². The second-order valence-corrected chi connectivity index (χ2v) is 12.5. The summed E-state index contributed by atoms with van der Waals surface area (Å²) in [5, 5.41) is 3.04. The Bertz CT molecular complexity index is 1720. The number of amides is 3. The molecule has 3 amide bonds. The normalized spacial score (nSPS) is 19.9. The number of rotatable bonds is 5. The zero-order valence-corrected chi connectivity index (χ0v) is 24.1. The minimum atomic E-state index is -0.819. The van der Waals surface area contributed by atoms with Crippen LogP contribution in [0.3, 0.4) is 0 Å². The number of thioether (sulfide) groups is 1. The van der Waals surface area contributed by atoms with Crippen LogP contribution >= 0.6 is 46.3 Å². The highest BCUT2D eigenvalue weighted by Crippen LogP contribution is 2.55. The molecule has 0 saturated carbocycles. The smallest absolute Gasteiger partial charge is 0.308 e. The molecule has 2 aliphatic rings. The summed E-state index contributed by atoms with van der Waals surface area (Å²) in [5.74, 6) is -2.64. The van der Waals surface area contributed by atoms with Crippen LogP contribution in [-0.4, -0.2) is 27.5 Å². The van der Waals surface area contributed by atoms with Gasteiger partial charge < -0.3 is 5.32 Å². The molecule has 4 aromatic rings. The van der Waals surface area contributed by atoms with E-state index in [1.165, 1.54) is 9.47 Å². The van der Waals surface area contributed by atoms with Gasteiger partial charge in [0.05, 0.1) is 26.7 Å². The van der Waals surface area contributed by atoms with Crippen molar-refractivity contribution < 1.29 is 14.4 Å². The molecule has 1 saturated heterocycles. The third-order valence-corrected chi connectivity index (χ3v) is 10.5. The first-order valence-corrected chi connectivity index (χ1v) is 14.8. The van der Waals surface area contributed by atoms with Crippen LogP contribution in [0.15, 0.2) is 82.6 Å². The molecule has 11 heteroatoms. The van der Waals surface area contributed by atoms with Crippen LogP contribution in [0.25, 0.3) is 0 Å². The number of hydrogen-bond acceptors (Lipinski definition) is 6. The van der Waals surface area contributed by atoms with E-state index in [0.717, 1.165) is 28.7 Å². The van der Waals surface area contributed by atoms with Crippen LogP contribution in [0.4, 0.5) is 11.4 Å². The van der Waals surface area contributed by atoms with Gasteiger partial charge in [-0.2, -0.15) is 0 Å². The number of thiazole rings is 1. The second-order valence-electron chi connectivity index (χ2n) is 9.57. The molecule has 0 bridgehead atoms. The molecular weight excluding hydrogens is 589 g/mol. The fraction of sp³-hybridized carbons (Fsp3) is 0.172. The lowest BCUT2D eigenvalue weighted by Gasteiger charge is -2.31. The highest BCUT2D eigenvalue weighted by Gasteiger charge is 2.57. The molecule has 1 fully saturated rings. The first-order valence-electron chi connectivity index (χ1n) is 12.4. The summed E-state index contributed by atoms with van der Waals surface area (Å²) in [6.45, 7) is 1.70. The van der Waals surface area contributed by atoms with Crippen LogP contribution in [0.2, 0.25) is 10.0 Å². The third kappa shape index (κ3) is 4.56. The predicted molar refractivity (Wildman–Crippen MR) is 159 cm³/mol. The van der Waals surface area contributed by atoms with E-state index >= 15 is 0 Å². The minimum absolute atomic E-state index is 0.247. The number of fused-ring (bicyclic) bond motifs is 2. The maximum absolute atomic E-state index is 13.9. The number of aromatic nitrogens is 1. The summed E-state index contributed by atoms with van der Waals surface area (Å²) in [5.41, 5.74) is 2.69. The van der Waals surface area contributed by atoms with E-state index in [0.29, 0.717) is 31.9 Å². The molecular formula is C29H21Cl2N3O4S2. The molecule has 7 nitrogen and oxygen atoms in total. The summed E-state index contributed by atoms with van der Waals surface area (Å²) in [6, 6.07) is 21.2. The number of hydrogen-bond donors (Lipinski definition) is 1. The maximum atomic E-state index is 13.9. The number of nitrogens with one attached hydrogen (secondary N) is 1. The Labute approximate surface area is 247 Å². The zero-order chi connectivity index (χ0) is 28.1. The Balaban J connectivity index is 1.44. The number of carbonyl (C=O) groups excluding carboxylic acids is 3. The highest BCUT2D eigenvalue weighted by atomic mass is 35.5. The van der Waals surface area contributed by atoms with E-state index in [1.54, 1.807) is 54.6 Å². The molecule has 6 rings (SSSR count). The van der Waals surface area contributed by atoms with E-state index in [9.17, 15) is 19.2 Å². The van der Waals surface area contributed by atoms with E-state index in [2.05, 4.69) is 5.32 Å². The monoisotopic (exact) mass is 609 g/mol. The SMILES string of the molecule is Cc1ccc(NC(=O)Cn2c3c(sc2=O)C(c2cccc(Cl)c2Cl)C2C(=O)N(c4ccccc4)C(=O)C2S3)cc1. The Morgan fingerprint density at radius 3 is 2.38 bits per heavy atom. The van der Waals surface area contributed by atoms with Gasteiger partial charge in [0.15, 0.2) is 0 Å². The van der Waals surface area contributed by atoms with Crippen LogP contribution in [-0.2, 0) is 20.9 Å². The Morgan fingerprint density at radius 2 is 1.65 bits per heavy atom. The van der Waals surface area contributed by atoms with Gasteiger partial charge in [-0.15, -0.1) is 0 Å². The number of halogens is 2. The standard InChI is InChI=1S/C29H21Cl2N3O4S2/c1-15-10-12-16(13-11-15)32-20(35)14-33-28-25(40-29(33)38)21(18-8-5-9-19(30)23(18)31)22-24(39-28)27(37)34(26(22)36)17-6-3-2-4-7-17/h2-13,21-22,24H,14H2,1H3,(H,32,35). The van der Waals surface area contributed by atoms with Crippen molar-refractivity contribution in [3.05, 3.63) is 109 Å². The molecule has 3 unspecified atom stereocenters. The molecule has 3 atom stereocenters. The van der Waals surface area contributed by atoms with Gasteiger partial charge in [-0.25, -0.2) is 4.90 Å². The number of aryl methyl sites for hydroxylation is 1. The van der Waals surface area contributed by atoms with Gasteiger partial charge in [0.2, 0.25) is 17.7 Å². The quantitative estimate of drug-likeness (QED) is 0.282. The largest absolute Gasteiger partial charge is 0.325 e. The van der Waals surface area contributed by atoms with Crippen molar-refractivity contribution >= 4 is 75.4 Å². The number of nitrogens with zero attached hydrogens (tertiary/aromatic N) is 2. The van der Waals surface area contributed by atoms with Crippen molar-refractivity contribution in [2.45, 2.75) is 29.7 Å². The molecule has 1 aromatic heterocycles. The lowest BCUT2D eigenvalue weighted by atomic mass is 9.83. The molecule has 2 aliphatic heterocycles. The van der Waals surface area contributed by atoms with Crippen LogP contribution in [0, 0.1) is 12.8 Å². The van der Waals surface area contributed by atoms with Gasteiger partial charge in [0, 0.05) is 16.5 Å². The van der Waals surface area contributed by atoms with E-state index < -0.39 is 17.1 Å². The summed E-state index contributed by atoms with van der Waals surface area (Å²) in [6.07, 6.45) is 0. The summed E-state index contributed by atoms with van der Waals surface area (Å²) >= 11 is 15.1. The summed E-state index contributed by atoms with van der Waals surface area (Å²) in [7, 11) is 0. The van der Waals surface area contributed by atoms with Crippen molar-refractivity contribution in [2.75, 3.05) is 10.2 Å². The molecule has 0 aliphatic carbocycles. The summed E-state index contributed by atoms with van der Waals surface area (Å²) in [4.78, 5) is 55.4. The van der Waals surface area contributed by atoms with Crippen LogP contribution in [0.5, 0.6) is 0 Å². The topological polar surface area (TPSA) is 88.5 Å². The van der Waals surface area contributed by atoms with Crippen molar-refractivity contribution in [3.63, 3.8) is 0 Å². The van der Waals surface area contributed by atoms with E-state index in [1.807, 2.05) is 25.1 Å². The van der Waals surface area contributed by atoms with Crippen LogP contribution < -0.4 is 15.1 Å². The average molecular weight is 611 g/mol. The fourth-order valence-electron chi connectivity index (χ4n) is 5.16. The van der Waals surface area contributed by atoms with Gasteiger partial charge in [-0.05, 0) is 42.8 Å². The van der Waals surface area contributed by atoms with E-state index in [4.69, 9.17) is 23.2 Å². The molecule has 1 N–H and O–H groups in total. The maximum Gasteiger partial charge on any atom is 0.308 e. The summed E-state index contributed by atoms with van der Waals surface area (Å²) < 4.78 is 1.37. The van der Waals surface area contributed by atoms with Crippen molar-refractivity contribution in [1.29, 1.82) is 0 Å². The van der Waals surface area contributed by atoms with Gasteiger partial charge in [0.25, 0.3) is 0 Å². The molecule has 202 valence electrons. The Morgan fingerprint density at radius 1 is 0.925 bits per heavy atom. The van der Waals surface area contributed by atoms with Crippen molar-refractivity contribution in [3.8, 4) is 0 Å². The van der Waals surface area contributed by atoms with Gasteiger partial charge in [0.1, 0.15) is 11.8 Å². The Kier molecular flexibility index (Phi) is 7.08. The van der Waals surface area contributed by atoms with Gasteiger partial charge in [-0.3, -0.25) is 23.7 Å². The molecule has 3 aromatic carbocycles. The fourth-order valence-corrected chi connectivity index (χ4v) is 8.35. The second kappa shape index (κ2) is 10.6. The van der Waals surface area contributed by atoms with Crippen molar-refractivity contribution in [1.82, 2.24) is 4.57 Å². The highest BCUT2D eigenvalue weighted by molar-refractivity contribution is 8.00.